The summed E-state index contributed by atoms with van der Waals surface area (Å²) in [6, 6.07) is 6.91. The number of methoxy groups -OCH3 is 1. The molecule has 0 unspecified atom stereocenters. The first kappa shape index (κ1) is 13.4. The Hall–Kier alpha value is -2.04. The molecule has 2 rings (SSSR count). The maximum absolute atomic E-state index is 11.3. The van der Waals surface area contributed by atoms with E-state index >= 15 is 0 Å². The number of esters is 1. The van der Waals surface area contributed by atoms with Gasteiger partial charge in [-0.1, -0.05) is 0 Å². The average molecular weight is 261 g/mol. The van der Waals surface area contributed by atoms with Crippen molar-refractivity contribution in [3.05, 3.63) is 29.8 Å². The number of carbonyl (C=O) groups is 1. The molecule has 0 aliphatic carbocycles. The highest BCUT2D eigenvalue weighted by Gasteiger charge is 2.12. The van der Waals surface area contributed by atoms with Crippen LogP contribution in [-0.2, 0) is 4.74 Å². The van der Waals surface area contributed by atoms with Crippen molar-refractivity contribution >= 4 is 17.6 Å². The minimum Gasteiger partial charge on any atom is -0.465 e. The van der Waals surface area contributed by atoms with E-state index < -0.39 is 0 Å². The van der Waals surface area contributed by atoms with Crippen LogP contribution in [0.4, 0.5) is 5.69 Å². The quantitative estimate of drug-likeness (QED) is 0.501. The Labute approximate surface area is 113 Å². The third-order valence-corrected chi connectivity index (χ3v) is 3.21. The van der Waals surface area contributed by atoms with Crippen molar-refractivity contribution < 1.29 is 9.53 Å². The van der Waals surface area contributed by atoms with Gasteiger partial charge in [0.1, 0.15) is 0 Å². The van der Waals surface area contributed by atoms with Crippen molar-refractivity contribution in [2.45, 2.75) is 19.3 Å². The number of likely N-dealkylation sites (tertiary alicyclic amines) is 1. The van der Waals surface area contributed by atoms with Crippen LogP contribution in [0.2, 0.25) is 0 Å². The summed E-state index contributed by atoms with van der Waals surface area (Å²) in [7, 11) is 1.36. The molecule has 0 saturated carbocycles. The Balaban J connectivity index is 2.07. The number of aliphatic imine (C=N–C) groups is 1. The number of hydrogen-bond donors (Lipinski definition) is 1. The molecule has 1 heterocycles. The molecular formula is C14H19N3O2. The number of piperidine rings is 1. The summed E-state index contributed by atoms with van der Waals surface area (Å²) < 4.78 is 4.64. The molecule has 0 amide bonds. The van der Waals surface area contributed by atoms with Gasteiger partial charge in [0.25, 0.3) is 0 Å². The highest BCUT2D eigenvalue weighted by molar-refractivity contribution is 5.90. The van der Waals surface area contributed by atoms with Crippen LogP contribution >= 0.6 is 0 Å². The minimum atomic E-state index is -0.348. The van der Waals surface area contributed by atoms with Gasteiger partial charge >= 0.3 is 5.97 Å². The summed E-state index contributed by atoms with van der Waals surface area (Å²) in [4.78, 5) is 17.8. The molecule has 102 valence electrons. The number of benzene rings is 1. The lowest BCUT2D eigenvalue weighted by atomic mass is 10.1. The van der Waals surface area contributed by atoms with E-state index in [0.29, 0.717) is 11.5 Å². The number of nitrogens with two attached hydrogens (primary N) is 1. The monoisotopic (exact) mass is 261 g/mol. The standard InChI is InChI=1S/C14H19N3O2/c1-19-13(18)11-5-7-12(8-6-11)16-14(15)17-9-3-2-4-10-17/h5-8H,2-4,9-10H2,1H3,(H2,15,16). The van der Waals surface area contributed by atoms with E-state index in [4.69, 9.17) is 5.73 Å². The number of nitrogens with zero attached hydrogens (tertiary/aromatic N) is 2. The van der Waals surface area contributed by atoms with E-state index in [0.717, 1.165) is 31.6 Å². The molecule has 0 aromatic heterocycles. The summed E-state index contributed by atoms with van der Waals surface area (Å²) in [6.45, 7) is 1.94. The zero-order chi connectivity index (χ0) is 13.7. The Morgan fingerprint density at radius 1 is 1.21 bits per heavy atom. The van der Waals surface area contributed by atoms with E-state index in [9.17, 15) is 4.79 Å². The van der Waals surface area contributed by atoms with Crippen LogP contribution in [0.1, 0.15) is 29.6 Å². The first-order chi connectivity index (χ1) is 9.20. The van der Waals surface area contributed by atoms with Gasteiger partial charge < -0.3 is 15.4 Å². The fraction of sp³-hybridized carbons (Fsp3) is 0.429. The maximum Gasteiger partial charge on any atom is 0.337 e. The molecule has 0 bridgehead atoms. The lowest BCUT2D eigenvalue weighted by Gasteiger charge is -2.27. The summed E-state index contributed by atoms with van der Waals surface area (Å²) in [6.07, 6.45) is 3.59. The number of hydrogen-bond acceptors (Lipinski definition) is 3. The van der Waals surface area contributed by atoms with Crippen LogP contribution in [0.25, 0.3) is 0 Å². The van der Waals surface area contributed by atoms with Gasteiger partial charge in [-0.25, -0.2) is 9.79 Å². The molecule has 1 fully saturated rings. The van der Waals surface area contributed by atoms with Crippen LogP contribution in [0.15, 0.2) is 29.3 Å². The number of rotatable bonds is 2. The molecule has 19 heavy (non-hydrogen) atoms. The second kappa shape index (κ2) is 6.22. The second-order valence-electron chi connectivity index (χ2n) is 4.56. The number of guanidine groups is 1. The van der Waals surface area contributed by atoms with E-state index in [-0.39, 0.29) is 5.97 Å². The summed E-state index contributed by atoms with van der Waals surface area (Å²) in [5.74, 6) is 0.199. The highest BCUT2D eigenvalue weighted by Crippen LogP contribution is 2.15. The Kier molecular flexibility index (Phi) is 4.39. The smallest absolute Gasteiger partial charge is 0.337 e. The molecule has 0 spiro atoms. The van der Waals surface area contributed by atoms with Crippen molar-refractivity contribution in [3.8, 4) is 0 Å². The van der Waals surface area contributed by atoms with Gasteiger partial charge in [-0.3, -0.25) is 0 Å². The fourth-order valence-electron chi connectivity index (χ4n) is 2.12. The lowest BCUT2D eigenvalue weighted by molar-refractivity contribution is 0.0601. The normalized spacial score (nSPS) is 16.3. The van der Waals surface area contributed by atoms with E-state index in [1.54, 1.807) is 24.3 Å². The molecule has 5 heteroatoms. The van der Waals surface area contributed by atoms with Gasteiger partial charge in [0.15, 0.2) is 5.96 Å². The SMILES string of the molecule is COC(=O)c1ccc(N=C(N)N2CCCCC2)cc1. The molecule has 0 radical (unpaired) electrons. The first-order valence-electron chi connectivity index (χ1n) is 6.48. The maximum atomic E-state index is 11.3. The van der Waals surface area contributed by atoms with Gasteiger partial charge in [0, 0.05) is 13.1 Å². The van der Waals surface area contributed by atoms with Crippen LogP contribution < -0.4 is 5.73 Å². The third-order valence-electron chi connectivity index (χ3n) is 3.21. The largest absolute Gasteiger partial charge is 0.465 e. The molecule has 1 saturated heterocycles. The highest BCUT2D eigenvalue weighted by atomic mass is 16.5. The van der Waals surface area contributed by atoms with E-state index in [1.165, 1.54) is 13.5 Å². The molecular weight excluding hydrogens is 242 g/mol. The predicted octanol–water partition coefficient (Wildman–Crippen LogP) is 1.91. The average Bonchev–Trinajstić information content (AvgIpc) is 2.48. The zero-order valence-electron chi connectivity index (χ0n) is 11.1. The minimum absolute atomic E-state index is 0.348. The van der Waals surface area contributed by atoms with Crippen molar-refractivity contribution in [1.82, 2.24) is 4.90 Å². The topological polar surface area (TPSA) is 67.9 Å². The van der Waals surface area contributed by atoms with Crippen LogP contribution in [0, 0.1) is 0 Å². The van der Waals surface area contributed by atoms with Crippen LogP contribution in [-0.4, -0.2) is 37.0 Å². The summed E-state index contributed by atoms with van der Waals surface area (Å²) in [5, 5.41) is 0. The summed E-state index contributed by atoms with van der Waals surface area (Å²) >= 11 is 0. The van der Waals surface area contributed by atoms with E-state index in [2.05, 4.69) is 14.6 Å². The van der Waals surface area contributed by atoms with Gasteiger partial charge in [-0.2, -0.15) is 0 Å². The van der Waals surface area contributed by atoms with Crippen LogP contribution in [0.3, 0.4) is 0 Å². The van der Waals surface area contributed by atoms with Gasteiger partial charge in [0.2, 0.25) is 0 Å². The Bertz CT molecular complexity index is 462. The van der Waals surface area contributed by atoms with Gasteiger partial charge in [-0.05, 0) is 43.5 Å². The van der Waals surface area contributed by atoms with E-state index in [1.807, 2.05) is 0 Å². The van der Waals surface area contributed by atoms with Gasteiger partial charge in [-0.15, -0.1) is 0 Å². The van der Waals surface area contributed by atoms with Gasteiger partial charge in [0.05, 0.1) is 18.4 Å². The van der Waals surface area contributed by atoms with Crippen molar-refractivity contribution in [2.75, 3.05) is 20.2 Å². The van der Waals surface area contributed by atoms with Crippen molar-refractivity contribution in [3.63, 3.8) is 0 Å². The van der Waals surface area contributed by atoms with Crippen molar-refractivity contribution in [2.24, 2.45) is 10.7 Å². The fourth-order valence-corrected chi connectivity index (χ4v) is 2.12. The molecule has 2 N–H and O–H groups in total. The summed E-state index contributed by atoms with van der Waals surface area (Å²) in [5.41, 5.74) is 7.25. The Morgan fingerprint density at radius 2 is 1.84 bits per heavy atom. The van der Waals surface area contributed by atoms with Crippen molar-refractivity contribution in [1.29, 1.82) is 0 Å². The van der Waals surface area contributed by atoms with Crippen LogP contribution in [0.5, 0.6) is 0 Å². The molecule has 1 aromatic carbocycles. The predicted molar refractivity (Wildman–Crippen MR) is 74.5 cm³/mol. The molecule has 1 aromatic rings. The lowest BCUT2D eigenvalue weighted by Crippen LogP contribution is -2.40. The number of carbonyl (C=O) groups excluding carboxylic acids is 1. The molecule has 0 atom stereocenters. The molecule has 1 aliphatic heterocycles. The zero-order valence-corrected chi connectivity index (χ0v) is 11.1. The number of ether oxygens (including phenoxy) is 1. The third kappa shape index (κ3) is 3.47. The molecule has 5 nitrogen and oxygen atoms in total. The molecule has 1 aliphatic rings. The second-order valence-corrected chi connectivity index (χ2v) is 4.56. The first-order valence-corrected chi connectivity index (χ1v) is 6.48. The Morgan fingerprint density at radius 3 is 2.42 bits per heavy atom.